The quantitative estimate of drug-likeness (QED) is 0.364. The predicted molar refractivity (Wildman–Crippen MR) is 81.7 cm³/mol. The van der Waals surface area contributed by atoms with E-state index < -0.39 is 0 Å². The summed E-state index contributed by atoms with van der Waals surface area (Å²) in [6.07, 6.45) is 8.69. The van der Waals surface area contributed by atoms with Gasteiger partial charge in [0.1, 0.15) is 5.75 Å². The number of allylic oxidation sites excluding steroid dienone is 1. The maximum atomic E-state index is 11.7. The Morgan fingerprint density at radius 1 is 1.15 bits per heavy atom. The minimum atomic E-state index is 0.195. The third-order valence-corrected chi connectivity index (χ3v) is 2.96. The first-order chi connectivity index (χ1) is 9.76. The Morgan fingerprint density at radius 3 is 2.55 bits per heavy atom. The van der Waals surface area contributed by atoms with Crippen LogP contribution in [0, 0.1) is 0 Å². The second-order valence-corrected chi connectivity index (χ2v) is 4.73. The molecule has 0 heterocycles. The molecule has 110 valence electrons. The molecule has 0 amide bonds. The molecule has 0 aliphatic heterocycles. The molecular formula is C17H24O3. The first kappa shape index (κ1) is 16.4. The maximum absolute atomic E-state index is 11.7. The number of unbranched alkanes of at least 4 members (excludes halogenated alkanes) is 3. The normalized spacial score (nSPS) is 10.9. The van der Waals surface area contributed by atoms with Crippen LogP contribution in [0.25, 0.3) is 6.08 Å². The fourth-order valence-electron chi connectivity index (χ4n) is 1.80. The smallest absolute Gasteiger partial charge is 0.188 e. The van der Waals surface area contributed by atoms with Gasteiger partial charge in [-0.15, -0.1) is 0 Å². The van der Waals surface area contributed by atoms with E-state index in [4.69, 9.17) is 9.47 Å². The van der Waals surface area contributed by atoms with Crippen LogP contribution in [0.4, 0.5) is 0 Å². The number of ketones is 1. The van der Waals surface area contributed by atoms with E-state index in [1.165, 1.54) is 12.8 Å². The lowest BCUT2D eigenvalue weighted by Crippen LogP contribution is -1.98. The van der Waals surface area contributed by atoms with Crippen LogP contribution in [0.15, 0.2) is 30.3 Å². The summed E-state index contributed by atoms with van der Waals surface area (Å²) in [5.41, 5.74) is 0.997. The average Bonchev–Trinajstić information content (AvgIpc) is 2.48. The fourth-order valence-corrected chi connectivity index (χ4v) is 1.80. The third kappa shape index (κ3) is 7.10. The molecule has 0 aliphatic rings. The van der Waals surface area contributed by atoms with Gasteiger partial charge in [0.25, 0.3) is 0 Å². The molecule has 3 nitrogen and oxygen atoms in total. The number of methoxy groups -OCH3 is 1. The van der Waals surface area contributed by atoms with Crippen molar-refractivity contribution in [3.05, 3.63) is 35.9 Å². The van der Waals surface area contributed by atoms with Crippen LogP contribution < -0.4 is 4.74 Å². The molecule has 3 heteroatoms. The van der Waals surface area contributed by atoms with Gasteiger partial charge in [-0.05, 0) is 30.2 Å². The van der Waals surface area contributed by atoms with Gasteiger partial charge in [0.15, 0.2) is 12.6 Å². The standard InChI is InChI=1S/C17H24O3/c1-3-4-5-6-7-16(18)11-8-15-9-12-17(13-10-15)20-14-19-2/h8-13H,3-7,14H2,1-2H3/b11-8+. The summed E-state index contributed by atoms with van der Waals surface area (Å²) < 4.78 is 10.1. The Hall–Kier alpha value is -1.61. The molecule has 0 saturated carbocycles. The minimum Gasteiger partial charge on any atom is -0.468 e. The number of carbonyl (C=O) groups excluding carboxylic acids is 1. The van der Waals surface area contributed by atoms with Gasteiger partial charge in [-0.25, -0.2) is 0 Å². The van der Waals surface area contributed by atoms with Crippen LogP contribution in [0.2, 0.25) is 0 Å². The number of hydrogen-bond donors (Lipinski definition) is 0. The van der Waals surface area contributed by atoms with E-state index in [0.29, 0.717) is 6.42 Å². The van der Waals surface area contributed by atoms with Crippen molar-refractivity contribution in [3.8, 4) is 5.75 Å². The zero-order valence-corrected chi connectivity index (χ0v) is 12.4. The van der Waals surface area contributed by atoms with Crippen LogP contribution in [0.1, 0.15) is 44.6 Å². The van der Waals surface area contributed by atoms with Crippen molar-refractivity contribution in [3.63, 3.8) is 0 Å². The zero-order valence-electron chi connectivity index (χ0n) is 12.4. The summed E-state index contributed by atoms with van der Waals surface area (Å²) in [5, 5.41) is 0. The molecule has 1 aromatic rings. The van der Waals surface area contributed by atoms with Crippen molar-refractivity contribution in [2.24, 2.45) is 0 Å². The van der Waals surface area contributed by atoms with E-state index >= 15 is 0 Å². The molecule has 0 aliphatic carbocycles. The lowest BCUT2D eigenvalue weighted by molar-refractivity contribution is -0.114. The van der Waals surface area contributed by atoms with Crippen molar-refractivity contribution in [2.75, 3.05) is 13.9 Å². The monoisotopic (exact) mass is 276 g/mol. The molecule has 0 saturated heterocycles. The van der Waals surface area contributed by atoms with Gasteiger partial charge in [0.05, 0.1) is 0 Å². The molecule has 0 atom stereocenters. The van der Waals surface area contributed by atoms with Crippen molar-refractivity contribution < 1.29 is 14.3 Å². The molecule has 0 spiro atoms. The second kappa shape index (κ2) is 10.2. The van der Waals surface area contributed by atoms with Gasteiger partial charge in [0.2, 0.25) is 0 Å². The van der Waals surface area contributed by atoms with Gasteiger partial charge in [-0.1, -0.05) is 44.4 Å². The Morgan fingerprint density at radius 2 is 1.90 bits per heavy atom. The SMILES string of the molecule is CCCCCCC(=O)/C=C/c1ccc(OCOC)cc1. The Kier molecular flexibility index (Phi) is 8.40. The molecule has 0 N–H and O–H groups in total. The van der Waals surface area contributed by atoms with Crippen molar-refractivity contribution in [2.45, 2.75) is 39.0 Å². The molecule has 0 bridgehead atoms. The minimum absolute atomic E-state index is 0.195. The van der Waals surface area contributed by atoms with Crippen LogP contribution >= 0.6 is 0 Å². The molecule has 0 unspecified atom stereocenters. The van der Waals surface area contributed by atoms with Crippen molar-refractivity contribution in [1.29, 1.82) is 0 Å². The lowest BCUT2D eigenvalue weighted by Gasteiger charge is -2.04. The first-order valence-electron chi connectivity index (χ1n) is 7.19. The number of rotatable bonds is 10. The van der Waals surface area contributed by atoms with Gasteiger partial charge in [-0.3, -0.25) is 4.79 Å². The van der Waals surface area contributed by atoms with E-state index in [2.05, 4.69) is 6.92 Å². The molecule has 1 rings (SSSR count). The van der Waals surface area contributed by atoms with Crippen LogP contribution in [0.5, 0.6) is 5.75 Å². The maximum Gasteiger partial charge on any atom is 0.188 e. The predicted octanol–water partition coefficient (Wildman–Crippen LogP) is 4.22. The van der Waals surface area contributed by atoms with E-state index in [-0.39, 0.29) is 12.6 Å². The number of hydrogen-bond acceptors (Lipinski definition) is 3. The van der Waals surface area contributed by atoms with E-state index in [1.54, 1.807) is 13.2 Å². The summed E-state index contributed by atoms with van der Waals surface area (Å²) in [7, 11) is 1.59. The molecule has 1 aromatic carbocycles. The van der Waals surface area contributed by atoms with E-state index in [1.807, 2.05) is 30.3 Å². The molecule has 0 aromatic heterocycles. The summed E-state index contributed by atoms with van der Waals surface area (Å²) in [6, 6.07) is 7.58. The highest BCUT2D eigenvalue weighted by Gasteiger charge is 1.97. The van der Waals surface area contributed by atoms with Gasteiger partial charge < -0.3 is 9.47 Å². The highest BCUT2D eigenvalue weighted by atomic mass is 16.7. The number of carbonyl (C=O) groups is 1. The Balaban J connectivity index is 2.35. The summed E-state index contributed by atoms with van der Waals surface area (Å²) >= 11 is 0. The summed E-state index contributed by atoms with van der Waals surface area (Å²) in [4.78, 5) is 11.7. The van der Waals surface area contributed by atoms with E-state index in [0.717, 1.165) is 24.2 Å². The lowest BCUT2D eigenvalue weighted by atomic mass is 10.1. The van der Waals surface area contributed by atoms with Crippen LogP contribution in [-0.2, 0) is 9.53 Å². The van der Waals surface area contributed by atoms with Crippen LogP contribution in [-0.4, -0.2) is 19.7 Å². The number of ether oxygens (including phenoxy) is 2. The Labute approximate surface area is 121 Å². The molecule has 20 heavy (non-hydrogen) atoms. The first-order valence-corrected chi connectivity index (χ1v) is 7.19. The highest BCUT2D eigenvalue weighted by molar-refractivity contribution is 5.93. The van der Waals surface area contributed by atoms with Gasteiger partial charge in [0, 0.05) is 13.5 Å². The van der Waals surface area contributed by atoms with Crippen molar-refractivity contribution in [1.82, 2.24) is 0 Å². The van der Waals surface area contributed by atoms with Gasteiger partial charge >= 0.3 is 0 Å². The fraction of sp³-hybridized carbons (Fsp3) is 0.471. The Bertz CT molecular complexity index is 407. The molecular weight excluding hydrogens is 252 g/mol. The van der Waals surface area contributed by atoms with Crippen LogP contribution in [0.3, 0.4) is 0 Å². The van der Waals surface area contributed by atoms with Crippen molar-refractivity contribution >= 4 is 11.9 Å². The van der Waals surface area contributed by atoms with E-state index in [9.17, 15) is 4.79 Å². The number of benzene rings is 1. The zero-order chi connectivity index (χ0) is 14.6. The summed E-state index contributed by atoms with van der Waals surface area (Å²) in [5.74, 6) is 0.954. The highest BCUT2D eigenvalue weighted by Crippen LogP contribution is 2.13. The molecule has 0 radical (unpaired) electrons. The van der Waals surface area contributed by atoms with Gasteiger partial charge in [-0.2, -0.15) is 0 Å². The molecule has 0 fully saturated rings. The second-order valence-electron chi connectivity index (χ2n) is 4.73. The topological polar surface area (TPSA) is 35.5 Å². The average molecular weight is 276 g/mol. The largest absolute Gasteiger partial charge is 0.468 e. The third-order valence-electron chi connectivity index (χ3n) is 2.96. The summed E-state index contributed by atoms with van der Waals surface area (Å²) in [6.45, 7) is 2.41.